The van der Waals surface area contributed by atoms with Crippen LogP contribution in [0.3, 0.4) is 0 Å². The molecule has 0 aliphatic carbocycles. The van der Waals surface area contributed by atoms with Gasteiger partial charge in [0.25, 0.3) is 0 Å². The van der Waals surface area contributed by atoms with E-state index in [1.165, 1.54) is 0 Å². The van der Waals surface area contributed by atoms with Gasteiger partial charge >= 0.3 is 0 Å². The monoisotopic (exact) mass is 203 g/mol. The minimum atomic E-state index is 0.0689. The average molecular weight is 203 g/mol. The van der Waals surface area contributed by atoms with E-state index >= 15 is 0 Å². The van der Waals surface area contributed by atoms with Crippen LogP contribution in [0.25, 0.3) is 0 Å². The number of benzene rings is 1. The number of hydrogen-bond donors (Lipinski definition) is 0. The molecule has 0 N–H and O–H groups in total. The third-order valence-corrected chi connectivity index (χ3v) is 2.48. The maximum atomic E-state index is 11.5. The van der Waals surface area contributed by atoms with Crippen molar-refractivity contribution in [1.82, 2.24) is 4.90 Å². The fourth-order valence-electron chi connectivity index (χ4n) is 1.69. The van der Waals surface area contributed by atoms with E-state index in [1.807, 2.05) is 35.2 Å². The second-order valence-electron chi connectivity index (χ2n) is 3.40. The predicted octanol–water partition coefficient (Wildman–Crippen LogP) is 0.951. The van der Waals surface area contributed by atoms with Crippen molar-refractivity contribution in [3.8, 4) is 0 Å². The molecule has 2 rings (SSSR count). The van der Waals surface area contributed by atoms with E-state index in [-0.39, 0.29) is 5.91 Å². The molecule has 0 bridgehead atoms. The number of guanidine groups is 1. The molecule has 0 radical (unpaired) electrons. The van der Waals surface area contributed by atoms with Gasteiger partial charge in [0.1, 0.15) is 6.54 Å². The van der Waals surface area contributed by atoms with Gasteiger partial charge in [-0.05, 0) is 12.1 Å². The molecule has 0 atom stereocenters. The number of nitrogens with zero attached hydrogens (tertiary/aromatic N) is 3. The minimum Gasteiger partial charge on any atom is -0.303 e. The van der Waals surface area contributed by atoms with E-state index in [9.17, 15) is 4.79 Å². The molecule has 1 amide bonds. The van der Waals surface area contributed by atoms with Crippen LogP contribution < -0.4 is 4.90 Å². The van der Waals surface area contributed by atoms with E-state index in [0.717, 1.165) is 5.69 Å². The predicted molar refractivity (Wildman–Crippen MR) is 59.9 cm³/mol. The van der Waals surface area contributed by atoms with Crippen LogP contribution in [0, 0.1) is 0 Å². The molecule has 4 heteroatoms. The van der Waals surface area contributed by atoms with E-state index in [1.54, 1.807) is 19.0 Å². The van der Waals surface area contributed by atoms with Crippen molar-refractivity contribution < 1.29 is 4.79 Å². The lowest BCUT2D eigenvalue weighted by atomic mass is 10.3. The molecule has 1 fully saturated rings. The summed E-state index contributed by atoms with van der Waals surface area (Å²) in [6, 6.07) is 9.79. The SMILES string of the molecule is CN=C1N(C)C(=O)CN1c1ccccc1. The normalized spacial score (nSPS) is 19.1. The van der Waals surface area contributed by atoms with Gasteiger partial charge in [-0.1, -0.05) is 18.2 Å². The number of para-hydroxylation sites is 1. The number of hydrogen-bond acceptors (Lipinski definition) is 2. The quantitative estimate of drug-likeness (QED) is 0.681. The number of amides is 1. The van der Waals surface area contributed by atoms with E-state index < -0.39 is 0 Å². The maximum Gasteiger partial charge on any atom is 0.249 e. The van der Waals surface area contributed by atoms with Gasteiger partial charge in [0.15, 0.2) is 0 Å². The van der Waals surface area contributed by atoms with Crippen LogP contribution in [-0.4, -0.2) is 37.4 Å². The molecule has 1 aromatic rings. The van der Waals surface area contributed by atoms with Crippen molar-refractivity contribution in [2.24, 2.45) is 4.99 Å². The lowest BCUT2D eigenvalue weighted by molar-refractivity contribution is -0.123. The Balaban J connectivity index is 2.36. The lowest BCUT2D eigenvalue weighted by Crippen LogP contribution is -2.31. The molecule has 0 saturated carbocycles. The summed E-state index contributed by atoms with van der Waals surface area (Å²) in [5.74, 6) is 0.769. The first-order valence-corrected chi connectivity index (χ1v) is 4.80. The van der Waals surface area contributed by atoms with Gasteiger partial charge in [-0.15, -0.1) is 0 Å². The zero-order valence-corrected chi connectivity index (χ0v) is 8.84. The fourth-order valence-corrected chi connectivity index (χ4v) is 1.69. The summed E-state index contributed by atoms with van der Waals surface area (Å²) in [6.45, 7) is 0.368. The Hall–Kier alpha value is -1.84. The molecule has 0 spiro atoms. The highest BCUT2D eigenvalue weighted by Gasteiger charge is 2.31. The Morgan fingerprint density at radius 2 is 1.93 bits per heavy atom. The first kappa shape index (κ1) is 9.71. The van der Waals surface area contributed by atoms with Gasteiger partial charge < -0.3 is 4.90 Å². The van der Waals surface area contributed by atoms with E-state index in [4.69, 9.17) is 0 Å². The van der Waals surface area contributed by atoms with Crippen LogP contribution in [0.1, 0.15) is 0 Å². The van der Waals surface area contributed by atoms with Gasteiger partial charge in [-0.3, -0.25) is 14.7 Å². The molecule has 15 heavy (non-hydrogen) atoms. The highest BCUT2D eigenvalue weighted by Crippen LogP contribution is 2.19. The summed E-state index contributed by atoms with van der Waals surface area (Å²) in [5, 5.41) is 0. The van der Waals surface area contributed by atoms with Gasteiger partial charge in [0.05, 0.1) is 0 Å². The van der Waals surface area contributed by atoms with Crippen molar-refractivity contribution in [3.63, 3.8) is 0 Å². The summed E-state index contributed by atoms with van der Waals surface area (Å²) in [5.41, 5.74) is 0.996. The molecule has 0 aromatic heterocycles. The van der Waals surface area contributed by atoms with E-state index in [2.05, 4.69) is 4.99 Å². The van der Waals surface area contributed by atoms with Crippen LogP contribution in [0.5, 0.6) is 0 Å². The Morgan fingerprint density at radius 1 is 1.27 bits per heavy atom. The first-order valence-electron chi connectivity index (χ1n) is 4.80. The minimum absolute atomic E-state index is 0.0689. The van der Waals surface area contributed by atoms with Gasteiger partial charge in [0, 0.05) is 19.8 Å². The molecular weight excluding hydrogens is 190 g/mol. The van der Waals surface area contributed by atoms with Crippen molar-refractivity contribution >= 4 is 17.6 Å². The number of carbonyl (C=O) groups is 1. The molecule has 0 unspecified atom stereocenters. The highest BCUT2D eigenvalue weighted by atomic mass is 16.2. The van der Waals surface area contributed by atoms with E-state index in [0.29, 0.717) is 12.5 Å². The summed E-state index contributed by atoms with van der Waals surface area (Å²) in [6.07, 6.45) is 0. The zero-order valence-electron chi connectivity index (χ0n) is 8.84. The Labute approximate surface area is 88.8 Å². The van der Waals surface area contributed by atoms with Crippen LogP contribution >= 0.6 is 0 Å². The molecular formula is C11H13N3O. The number of likely N-dealkylation sites (N-methyl/N-ethyl adjacent to an activating group) is 1. The molecule has 1 aliphatic heterocycles. The average Bonchev–Trinajstić information content (AvgIpc) is 2.56. The summed E-state index contributed by atoms with van der Waals surface area (Å²) in [4.78, 5) is 19.1. The number of anilines is 1. The summed E-state index contributed by atoms with van der Waals surface area (Å²) < 4.78 is 0. The standard InChI is InChI=1S/C11H13N3O/c1-12-11-13(2)10(15)8-14(11)9-6-4-3-5-7-9/h3-7H,8H2,1-2H3. The first-order chi connectivity index (χ1) is 7.24. The number of carbonyl (C=O) groups excluding carboxylic acids is 1. The van der Waals surface area contributed by atoms with Crippen LogP contribution in [0.4, 0.5) is 5.69 Å². The van der Waals surface area contributed by atoms with Gasteiger partial charge in [0.2, 0.25) is 11.9 Å². The molecule has 1 aliphatic rings. The summed E-state index contributed by atoms with van der Waals surface area (Å²) >= 11 is 0. The second-order valence-corrected chi connectivity index (χ2v) is 3.40. The molecule has 4 nitrogen and oxygen atoms in total. The number of aliphatic imine (C=N–C) groups is 1. The summed E-state index contributed by atoms with van der Waals surface area (Å²) in [7, 11) is 3.44. The van der Waals surface area contributed by atoms with Crippen LogP contribution in [0.2, 0.25) is 0 Å². The Bertz CT molecular complexity index is 400. The Kier molecular flexibility index (Phi) is 2.41. The highest BCUT2D eigenvalue weighted by molar-refractivity contribution is 6.14. The molecule has 1 saturated heterocycles. The molecule has 1 aromatic carbocycles. The van der Waals surface area contributed by atoms with Gasteiger partial charge in [-0.25, -0.2) is 0 Å². The largest absolute Gasteiger partial charge is 0.303 e. The van der Waals surface area contributed by atoms with Crippen LogP contribution in [-0.2, 0) is 4.79 Å². The van der Waals surface area contributed by atoms with Crippen LogP contribution in [0.15, 0.2) is 35.3 Å². The topological polar surface area (TPSA) is 35.9 Å². The molecule has 1 heterocycles. The molecule has 78 valence electrons. The van der Waals surface area contributed by atoms with Crippen molar-refractivity contribution in [2.45, 2.75) is 0 Å². The number of rotatable bonds is 1. The fraction of sp³-hybridized carbons (Fsp3) is 0.273. The lowest BCUT2D eigenvalue weighted by Gasteiger charge is -2.18. The third-order valence-electron chi connectivity index (χ3n) is 2.48. The smallest absolute Gasteiger partial charge is 0.249 e. The Morgan fingerprint density at radius 3 is 2.53 bits per heavy atom. The van der Waals surface area contributed by atoms with Gasteiger partial charge in [-0.2, -0.15) is 0 Å². The second kappa shape index (κ2) is 3.73. The zero-order chi connectivity index (χ0) is 10.8. The third kappa shape index (κ3) is 1.58. The van der Waals surface area contributed by atoms with Crippen molar-refractivity contribution in [1.29, 1.82) is 0 Å². The van der Waals surface area contributed by atoms with Crippen molar-refractivity contribution in [2.75, 3.05) is 25.5 Å². The van der Waals surface area contributed by atoms with Crippen molar-refractivity contribution in [3.05, 3.63) is 30.3 Å². The maximum absolute atomic E-state index is 11.5.